The monoisotopic (exact) mass is 888 g/mol. The van der Waals surface area contributed by atoms with E-state index in [1.54, 1.807) is 0 Å². The summed E-state index contributed by atoms with van der Waals surface area (Å²) in [5.41, 5.74) is 14.3. The van der Waals surface area contributed by atoms with Gasteiger partial charge in [0.05, 0.1) is 22.8 Å². The molecule has 6 aromatic heterocycles. The molecule has 0 saturated carbocycles. The number of fused-ring (bicyclic) bond motifs is 28. The number of benzene rings is 4. The minimum Gasteiger partial charge on any atom is -0.355 e. The molecule has 4 N–H and O–H groups in total. The van der Waals surface area contributed by atoms with E-state index in [1.807, 2.05) is 146 Å². The largest absolute Gasteiger partial charge is 0.355 e. The topological polar surface area (TPSA) is 166 Å². The molecule has 0 amide bonds. The van der Waals surface area contributed by atoms with E-state index in [-0.39, 0.29) is 19.5 Å². The molecular formula is C52H32N12Zn. The Balaban J connectivity index is 0.000000152. The Morgan fingerprint density at radius 2 is 0.523 bits per heavy atom. The number of hydrogen-bond donors (Lipinski definition) is 4. The van der Waals surface area contributed by atoms with Crippen LogP contribution in [0.3, 0.4) is 0 Å². The molecule has 0 atom stereocenters. The second-order valence-electron chi connectivity index (χ2n) is 15.7. The van der Waals surface area contributed by atoms with Crippen molar-refractivity contribution in [2.45, 2.75) is 0 Å². The maximum Gasteiger partial charge on any atom is 0.164 e. The van der Waals surface area contributed by atoms with Gasteiger partial charge in [0.15, 0.2) is 23.3 Å². The van der Waals surface area contributed by atoms with Crippen LogP contribution >= 0.6 is 0 Å². The van der Waals surface area contributed by atoms with Crippen LogP contribution in [-0.4, -0.2) is 59.8 Å². The SMILES string of the molecule is C1=Cc2cc3ccc(cc4nc(cc5ccc(cc1n2)[nH]5)C=C4)[nH]3.[Zn].c1ccc2c(c1)-c1nc-2nc2[nH]c(nc3nc(nc4[nH]c(n1)c1ccccc41)-c1ccccc1-3)c1ccccc21. The van der Waals surface area contributed by atoms with Crippen LogP contribution in [0.5, 0.6) is 0 Å². The molecule has 0 fully saturated rings. The molecule has 0 radical (unpaired) electrons. The summed E-state index contributed by atoms with van der Waals surface area (Å²) in [6, 6.07) is 48.6. The quantitative estimate of drug-likeness (QED) is 0.109. The molecule has 4 aliphatic heterocycles. The molecule has 16 bridgehead atoms. The van der Waals surface area contributed by atoms with Gasteiger partial charge in [0.25, 0.3) is 0 Å². The summed E-state index contributed by atoms with van der Waals surface area (Å²) in [6.45, 7) is 0. The van der Waals surface area contributed by atoms with Crippen LogP contribution in [0.25, 0.3) is 136 Å². The van der Waals surface area contributed by atoms with Crippen LogP contribution < -0.4 is 0 Å². The van der Waals surface area contributed by atoms with Gasteiger partial charge in [-0.3, -0.25) is 0 Å². The van der Waals surface area contributed by atoms with Gasteiger partial charge in [-0.25, -0.2) is 39.9 Å². The predicted molar refractivity (Wildman–Crippen MR) is 255 cm³/mol. The molecule has 10 aromatic rings. The number of hydrogen-bond acceptors (Lipinski definition) is 8. The first-order valence-electron chi connectivity index (χ1n) is 20.8. The summed E-state index contributed by atoms with van der Waals surface area (Å²) < 4.78 is 0. The number of rotatable bonds is 0. The minimum absolute atomic E-state index is 0. The molecular weight excluding hydrogens is 858 g/mol. The standard InChI is InChI=1S/C32H18N8.C20H14N4.Zn/c1-2-10-18-17(9-1)25-33-26(18)38-28-21-13-5-6-14-22(21)30(35-28)40-32-24-16-8-7-15-23(24)31(36-32)39-29-20-12-4-3-11-19(20)27(34-29)37-25;1-2-14-10-16-5-6-18(23-16)12-20-8-7-19(24-20)11-17-4-3-15(22-17)9-13(1)21-14;/h1-16H,(H2,33,34,35,36,37,38,39,40);1-12,21,24H;. The smallest absolute Gasteiger partial charge is 0.164 e. The first kappa shape index (κ1) is 38.2. The van der Waals surface area contributed by atoms with Gasteiger partial charge < -0.3 is 19.9 Å². The van der Waals surface area contributed by atoms with Crippen molar-refractivity contribution < 1.29 is 19.5 Å². The van der Waals surface area contributed by atoms with Gasteiger partial charge in [-0.2, -0.15) is 0 Å². The van der Waals surface area contributed by atoms with Gasteiger partial charge in [0, 0.05) is 85.3 Å². The molecule has 12 nitrogen and oxygen atoms in total. The van der Waals surface area contributed by atoms with E-state index in [4.69, 9.17) is 29.9 Å². The molecule has 14 rings (SSSR count). The van der Waals surface area contributed by atoms with Gasteiger partial charge in [-0.1, -0.05) is 97.1 Å². The van der Waals surface area contributed by atoms with Crippen LogP contribution in [0, 0.1) is 0 Å². The van der Waals surface area contributed by atoms with Crippen LogP contribution in [-0.2, 0) is 19.5 Å². The molecule has 302 valence electrons. The minimum atomic E-state index is 0. The van der Waals surface area contributed by atoms with E-state index >= 15 is 0 Å². The summed E-state index contributed by atoms with van der Waals surface area (Å²) in [4.78, 5) is 52.8. The fourth-order valence-corrected chi connectivity index (χ4v) is 8.53. The molecule has 0 unspecified atom stereocenters. The maximum atomic E-state index is 5.02. The zero-order valence-corrected chi connectivity index (χ0v) is 37.4. The Kier molecular flexibility index (Phi) is 9.02. The summed E-state index contributed by atoms with van der Waals surface area (Å²) in [6.07, 6.45) is 8.09. The number of aromatic nitrogens is 12. The zero-order valence-electron chi connectivity index (χ0n) is 34.5. The fraction of sp³-hybridized carbons (Fsp3) is 0. The Morgan fingerprint density at radius 1 is 0.262 bits per heavy atom. The second-order valence-corrected chi connectivity index (χ2v) is 15.7. The van der Waals surface area contributed by atoms with E-state index in [1.165, 1.54) is 0 Å². The third-order valence-corrected chi connectivity index (χ3v) is 11.5. The van der Waals surface area contributed by atoms with Crippen molar-refractivity contribution in [1.82, 2.24) is 59.8 Å². The maximum absolute atomic E-state index is 5.02. The molecule has 4 aliphatic rings. The average Bonchev–Trinajstić information content (AvgIpc) is 4.21. The predicted octanol–water partition coefficient (Wildman–Crippen LogP) is 11.5. The van der Waals surface area contributed by atoms with Gasteiger partial charge >= 0.3 is 0 Å². The normalized spacial score (nSPS) is 12.1. The number of aromatic amines is 4. The Morgan fingerprint density at radius 3 is 0.800 bits per heavy atom. The summed E-state index contributed by atoms with van der Waals surface area (Å²) in [5.74, 6) is 2.39. The zero-order chi connectivity index (χ0) is 42.1. The van der Waals surface area contributed by atoms with Gasteiger partial charge in [-0.05, 0) is 72.8 Å². The van der Waals surface area contributed by atoms with E-state index in [9.17, 15) is 0 Å². The molecule has 13 heteroatoms. The van der Waals surface area contributed by atoms with E-state index < -0.39 is 0 Å². The summed E-state index contributed by atoms with van der Waals surface area (Å²) >= 11 is 0. The van der Waals surface area contributed by atoms with Crippen molar-refractivity contribution in [3.63, 3.8) is 0 Å². The molecule has 0 aliphatic carbocycles. The van der Waals surface area contributed by atoms with Crippen LogP contribution in [0.15, 0.2) is 146 Å². The van der Waals surface area contributed by atoms with Crippen molar-refractivity contribution in [2.75, 3.05) is 0 Å². The van der Waals surface area contributed by atoms with E-state index in [0.29, 0.717) is 45.9 Å². The second kappa shape index (κ2) is 15.4. The number of H-pyrrole nitrogens is 4. The van der Waals surface area contributed by atoms with Crippen molar-refractivity contribution >= 4 is 90.5 Å². The molecule has 0 spiro atoms. The number of nitrogens with zero attached hydrogens (tertiary/aromatic N) is 8. The first-order chi connectivity index (χ1) is 31.6. The Bertz CT molecular complexity index is 3510. The van der Waals surface area contributed by atoms with Gasteiger partial charge in [-0.15, -0.1) is 0 Å². The van der Waals surface area contributed by atoms with Gasteiger partial charge in [0.1, 0.15) is 22.6 Å². The van der Waals surface area contributed by atoms with Crippen molar-refractivity contribution in [3.8, 4) is 45.6 Å². The van der Waals surface area contributed by atoms with Gasteiger partial charge in [0.2, 0.25) is 0 Å². The number of nitrogens with one attached hydrogen (secondary N) is 4. The van der Waals surface area contributed by atoms with Crippen molar-refractivity contribution in [2.24, 2.45) is 0 Å². The molecule has 0 saturated heterocycles. The molecule has 65 heavy (non-hydrogen) atoms. The Hall–Kier alpha value is -8.54. The third-order valence-electron chi connectivity index (χ3n) is 11.5. The van der Waals surface area contributed by atoms with E-state index in [2.05, 4.69) is 54.2 Å². The fourth-order valence-electron chi connectivity index (χ4n) is 8.53. The van der Waals surface area contributed by atoms with Crippen molar-refractivity contribution in [1.29, 1.82) is 0 Å². The van der Waals surface area contributed by atoms with Crippen LogP contribution in [0.1, 0.15) is 22.8 Å². The first-order valence-corrected chi connectivity index (χ1v) is 20.8. The molecule has 10 heterocycles. The van der Waals surface area contributed by atoms with Crippen LogP contribution in [0.4, 0.5) is 0 Å². The third kappa shape index (κ3) is 6.91. The summed E-state index contributed by atoms with van der Waals surface area (Å²) in [7, 11) is 0. The summed E-state index contributed by atoms with van der Waals surface area (Å²) in [5, 5.41) is 3.82. The van der Waals surface area contributed by atoms with Crippen molar-refractivity contribution in [3.05, 3.63) is 168 Å². The molecule has 4 aromatic carbocycles. The van der Waals surface area contributed by atoms with E-state index in [0.717, 1.165) is 88.6 Å². The van der Waals surface area contributed by atoms with Crippen LogP contribution in [0.2, 0.25) is 0 Å². The average molecular weight is 890 g/mol. The Labute approximate surface area is 381 Å².